The minimum atomic E-state index is -1.20. The van der Waals surface area contributed by atoms with Crippen molar-refractivity contribution in [3.05, 3.63) is 77.4 Å². The number of aromatic carboxylic acids is 2. The molecule has 120 valence electrons. The molecular formula is C19H14O5. The molecule has 0 aliphatic rings. The second-order valence-corrected chi connectivity index (χ2v) is 5.28. The van der Waals surface area contributed by atoms with Crippen molar-refractivity contribution in [2.75, 3.05) is 0 Å². The summed E-state index contributed by atoms with van der Waals surface area (Å²) in [5.74, 6) is -2.19. The Balaban J connectivity index is 1.91. The van der Waals surface area contributed by atoms with Crippen LogP contribution in [0.4, 0.5) is 0 Å². The molecule has 0 atom stereocenters. The lowest BCUT2D eigenvalue weighted by Gasteiger charge is -2.10. The van der Waals surface area contributed by atoms with Crippen molar-refractivity contribution < 1.29 is 24.5 Å². The zero-order valence-corrected chi connectivity index (χ0v) is 12.6. The average Bonchev–Trinajstić information content (AvgIpc) is 2.59. The van der Waals surface area contributed by atoms with Crippen LogP contribution < -0.4 is 4.74 Å². The van der Waals surface area contributed by atoms with Crippen LogP contribution in [0.1, 0.15) is 26.3 Å². The third-order valence-corrected chi connectivity index (χ3v) is 3.67. The van der Waals surface area contributed by atoms with E-state index in [0.29, 0.717) is 0 Å². The van der Waals surface area contributed by atoms with Gasteiger partial charge in [0.1, 0.15) is 12.4 Å². The fourth-order valence-corrected chi connectivity index (χ4v) is 2.51. The molecule has 0 unspecified atom stereocenters. The number of carbonyl (C=O) groups is 2. The van der Waals surface area contributed by atoms with Gasteiger partial charge in [0.2, 0.25) is 0 Å². The van der Waals surface area contributed by atoms with Crippen molar-refractivity contribution in [2.24, 2.45) is 0 Å². The van der Waals surface area contributed by atoms with Gasteiger partial charge in [-0.15, -0.1) is 0 Å². The van der Waals surface area contributed by atoms with Gasteiger partial charge < -0.3 is 14.9 Å². The smallest absolute Gasteiger partial charge is 0.335 e. The Bertz CT molecular complexity index is 892. The second-order valence-electron chi connectivity index (χ2n) is 5.28. The Morgan fingerprint density at radius 2 is 1.46 bits per heavy atom. The standard InChI is InChI=1S/C19H14O5/c20-18(21)14-8-15(19(22)23)10-16(9-14)24-11-13-6-3-5-12-4-1-2-7-17(12)13/h1-10H,11H2,(H,20,21)(H,22,23). The van der Waals surface area contributed by atoms with Crippen LogP contribution in [0.3, 0.4) is 0 Å². The van der Waals surface area contributed by atoms with Crippen LogP contribution in [0.25, 0.3) is 10.8 Å². The second kappa shape index (κ2) is 6.42. The molecule has 24 heavy (non-hydrogen) atoms. The highest BCUT2D eigenvalue weighted by atomic mass is 16.5. The summed E-state index contributed by atoms with van der Waals surface area (Å²) in [4.78, 5) is 22.3. The number of carboxylic acid groups (broad SMARTS) is 2. The number of hydrogen-bond donors (Lipinski definition) is 2. The van der Waals surface area contributed by atoms with Crippen LogP contribution in [-0.4, -0.2) is 22.2 Å². The molecule has 3 aromatic rings. The summed E-state index contributed by atoms with van der Waals surface area (Å²) in [6.07, 6.45) is 0. The minimum absolute atomic E-state index is 0.122. The molecule has 0 heterocycles. The Kier molecular flexibility index (Phi) is 4.16. The Morgan fingerprint density at radius 3 is 2.12 bits per heavy atom. The van der Waals surface area contributed by atoms with E-state index in [1.165, 1.54) is 12.1 Å². The number of fused-ring (bicyclic) bond motifs is 1. The molecule has 0 bridgehead atoms. The molecule has 0 aromatic heterocycles. The highest BCUT2D eigenvalue weighted by Gasteiger charge is 2.12. The Labute approximate surface area is 137 Å². The summed E-state index contributed by atoms with van der Waals surface area (Å²) < 4.78 is 5.66. The lowest BCUT2D eigenvalue weighted by atomic mass is 10.1. The van der Waals surface area contributed by atoms with Crippen molar-refractivity contribution in [3.63, 3.8) is 0 Å². The molecule has 0 saturated heterocycles. The first-order valence-electron chi connectivity index (χ1n) is 7.26. The number of ether oxygens (including phenoxy) is 1. The zero-order valence-electron chi connectivity index (χ0n) is 12.6. The summed E-state index contributed by atoms with van der Waals surface area (Å²) in [5.41, 5.74) is 0.691. The molecular weight excluding hydrogens is 308 g/mol. The van der Waals surface area contributed by atoms with Crippen LogP contribution in [0.5, 0.6) is 5.75 Å². The van der Waals surface area contributed by atoms with Crippen molar-refractivity contribution >= 4 is 22.7 Å². The van der Waals surface area contributed by atoms with E-state index in [9.17, 15) is 9.59 Å². The Morgan fingerprint density at radius 1 is 0.833 bits per heavy atom. The molecule has 0 aliphatic carbocycles. The van der Waals surface area contributed by atoms with Gasteiger partial charge in [-0.25, -0.2) is 9.59 Å². The zero-order chi connectivity index (χ0) is 17.1. The van der Waals surface area contributed by atoms with Crippen LogP contribution in [0, 0.1) is 0 Å². The number of carboxylic acids is 2. The van der Waals surface area contributed by atoms with E-state index in [1.807, 2.05) is 42.5 Å². The normalized spacial score (nSPS) is 10.5. The van der Waals surface area contributed by atoms with Gasteiger partial charge in [-0.1, -0.05) is 42.5 Å². The molecule has 5 heteroatoms. The highest BCUT2D eigenvalue weighted by Crippen LogP contribution is 2.22. The molecule has 0 amide bonds. The van der Waals surface area contributed by atoms with E-state index >= 15 is 0 Å². The van der Waals surface area contributed by atoms with Gasteiger partial charge in [-0.05, 0) is 34.5 Å². The first-order chi connectivity index (χ1) is 11.5. The molecule has 3 rings (SSSR count). The predicted octanol–water partition coefficient (Wildman–Crippen LogP) is 3.82. The number of rotatable bonds is 5. The van der Waals surface area contributed by atoms with Gasteiger partial charge in [-0.3, -0.25) is 0 Å². The molecule has 3 aromatic carbocycles. The van der Waals surface area contributed by atoms with Crippen molar-refractivity contribution in [1.29, 1.82) is 0 Å². The fourth-order valence-electron chi connectivity index (χ4n) is 2.51. The largest absolute Gasteiger partial charge is 0.489 e. The topological polar surface area (TPSA) is 83.8 Å². The third kappa shape index (κ3) is 3.20. The van der Waals surface area contributed by atoms with E-state index < -0.39 is 11.9 Å². The molecule has 0 radical (unpaired) electrons. The maximum atomic E-state index is 11.1. The molecule has 0 aliphatic heterocycles. The van der Waals surface area contributed by atoms with E-state index in [-0.39, 0.29) is 23.5 Å². The average molecular weight is 322 g/mol. The SMILES string of the molecule is O=C(O)c1cc(OCc2cccc3ccccc23)cc(C(=O)O)c1. The maximum Gasteiger partial charge on any atom is 0.335 e. The maximum absolute atomic E-state index is 11.1. The predicted molar refractivity (Wildman–Crippen MR) is 88.6 cm³/mol. The number of benzene rings is 3. The van der Waals surface area contributed by atoms with Gasteiger partial charge in [0, 0.05) is 0 Å². The van der Waals surface area contributed by atoms with Crippen LogP contribution >= 0.6 is 0 Å². The third-order valence-electron chi connectivity index (χ3n) is 3.67. The lowest BCUT2D eigenvalue weighted by molar-refractivity contribution is 0.0696. The first-order valence-corrected chi connectivity index (χ1v) is 7.26. The van der Waals surface area contributed by atoms with Crippen LogP contribution in [0.2, 0.25) is 0 Å². The quantitative estimate of drug-likeness (QED) is 0.746. The van der Waals surface area contributed by atoms with Crippen LogP contribution in [-0.2, 0) is 6.61 Å². The lowest BCUT2D eigenvalue weighted by Crippen LogP contribution is -2.04. The highest BCUT2D eigenvalue weighted by molar-refractivity contribution is 5.94. The van der Waals surface area contributed by atoms with E-state index in [4.69, 9.17) is 14.9 Å². The van der Waals surface area contributed by atoms with E-state index in [0.717, 1.165) is 22.4 Å². The van der Waals surface area contributed by atoms with Crippen LogP contribution in [0.15, 0.2) is 60.7 Å². The molecule has 0 fully saturated rings. The van der Waals surface area contributed by atoms with E-state index in [1.54, 1.807) is 0 Å². The summed E-state index contributed by atoms with van der Waals surface area (Å²) >= 11 is 0. The van der Waals surface area contributed by atoms with E-state index in [2.05, 4.69) is 0 Å². The van der Waals surface area contributed by atoms with Gasteiger partial charge in [0.05, 0.1) is 11.1 Å². The van der Waals surface area contributed by atoms with Gasteiger partial charge in [0.15, 0.2) is 0 Å². The van der Waals surface area contributed by atoms with Gasteiger partial charge in [0.25, 0.3) is 0 Å². The molecule has 2 N–H and O–H groups in total. The number of hydrogen-bond acceptors (Lipinski definition) is 3. The first kappa shape index (κ1) is 15.6. The van der Waals surface area contributed by atoms with Gasteiger partial charge in [-0.2, -0.15) is 0 Å². The molecule has 0 saturated carbocycles. The summed E-state index contributed by atoms with van der Waals surface area (Å²) in [6.45, 7) is 0.212. The van der Waals surface area contributed by atoms with Crippen molar-refractivity contribution in [1.82, 2.24) is 0 Å². The fraction of sp³-hybridized carbons (Fsp3) is 0.0526. The van der Waals surface area contributed by atoms with Crippen molar-refractivity contribution in [2.45, 2.75) is 6.61 Å². The minimum Gasteiger partial charge on any atom is -0.489 e. The summed E-state index contributed by atoms with van der Waals surface area (Å²) in [6, 6.07) is 17.4. The van der Waals surface area contributed by atoms with Gasteiger partial charge >= 0.3 is 11.9 Å². The monoisotopic (exact) mass is 322 g/mol. The molecule has 0 spiro atoms. The van der Waals surface area contributed by atoms with Crippen molar-refractivity contribution in [3.8, 4) is 5.75 Å². The summed E-state index contributed by atoms with van der Waals surface area (Å²) in [5, 5.41) is 20.3. The molecule has 5 nitrogen and oxygen atoms in total. The summed E-state index contributed by atoms with van der Waals surface area (Å²) in [7, 11) is 0. The Hall–Kier alpha value is -3.34.